The molecule has 0 N–H and O–H groups in total. The van der Waals surface area contributed by atoms with Gasteiger partial charge in [-0.2, -0.15) is 0 Å². The Morgan fingerprint density at radius 2 is 1.80 bits per heavy atom. The first kappa shape index (κ1) is 16.2. The molecule has 1 heterocycles. The van der Waals surface area contributed by atoms with E-state index in [1.54, 1.807) is 24.3 Å². The fraction of sp³-hybridized carbons (Fsp3) is 0.0588. The summed E-state index contributed by atoms with van der Waals surface area (Å²) in [6.45, 7) is -0.164. The lowest BCUT2D eigenvalue weighted by Gasteiger charge is -2.04. The molecule has 0 spiro atoms. The first-order chi connectivity index (χ1) is 12.0. The summed E-state index contributed by atoms with van der Waals surface area (Å²) in [6, 6.07) is 11.8. The Morgan fingerprint density at radius 3 is 2.48 bits per heavy atom. The zero-order valence-electron chi connectivity index (χ0n) is 12.7. The van der Waals surface area contributed by atoms with E-state index in [4.69, 9.17) is 14.2 Å². The van der Waals surface area contributed by atoms with Crippen LogP contribution in [-0.4, -0.2) is 23.7 Å². The predicted octanol–water partition coefficient (Wildman–Crippen LogP) is 3.32. The van der Waals surface area contributed by atoms with Gasteiger partial charge in [-0.3, -0.25) is 10.1 Å². The van der Waals surface area contributed by atoms with Crippen molar-refractivity contribution in [2.24, 2.45) is 0 Å². The number of carbonyl (C=O) groups excluding carboxylic acids is 2. The van der Waals surface area contributed by atoms with Crippen LogP contribution in [0.2, 0.25) is 0 Å². The van der Waals surface area contributed by atoms with Crippen LogP contribution in [0.3, 0.4) is 0 Å². The highest BCUT2D eigenvalue weighted by molar-refractivity contribution is 6.02. The van der Waals surface area contributed by atoms with Crippen LogP contribution in [0.25, 0.3) is 5.76 Å². The Kier molecular flexibility index (Phi) is 4.42. The number of nitro groups is 1. The first-order valence-electron chi connectivity index (χ1n) is 7.15. The van der Waals surface area contributed by atoms with Crippen LogP contribution in [0.1, 0.15) is 15.9 Å². The average Bonchev–Trinajstić information content (AvgIpc) is 2.92. The number of nitrogens with zero attached hydrogens (tertiary/aromatic N) is 1. The highest BCUT2D eigenvalue weighted by atomic mass is 16.7. The third-order valence-electron chi connectivity index (χ3n) is 3.33. The van der Waals surface area contributed by atoms with E-state index < -0.39 is 17.0 Å². The van der Waals surface area contributed by atoms with E-state index in [-0.39, 0.29) is 18.0 Å². The van der Waals surface area contributed by atoms with Crippen LogP contribution < -0.4 is 4.74 Å². The zero-order valence-corrected chi connectivity index (χ0v) is 12.7. The lowest BCUT2D eigenvalue weighted by atomic mass is 10.1. The van der Waals surface area contributed by atoms with E-state index in [0.29, 0.717) is 16.9 Å². The van der Waals surface area contributed by atoms with Crippen LogP contribution in [0.4, 0.5) is 10.5 Å². The van der Waals surface area contributed by atoms with Gasteiger partial charge in [-0.1, -0.05) is 18.2 Å². The highest BCUT2D eigenvalue weighted by Crippen LogP contribution is 2.29. The van der Waals surface area contributed by atoms with Crippen LogP contribution in [-0.2, 0) is 9.47 Å². The van der Waals surface area contributed by atoms with E-state index >= 15 is 0 Å². The van der Waals surface area contributed by atoms with Crippen molar-refractivity contribution in [3.8, 4) is 5.75 Å². The van der Waals surface area contributed by atoms with Crippen LogP contribution >= 0.6 is 0 Å². The minimum atomic E-state index is -0.983. The first-order valence-corrected chi connectivity index (χ1v) is 7.15. The molecule has 0 atom stereocenters. The number of non-ortho nitro benzene ring substituents is 1. The van der Waals surface area contributed by atoms with Gasteiger partial charge in [-0.15, -0.1) is 0 Å². The van der Waals surface area contributed by atoms with E-state index in [9.17, 15) is 19.7 Å². The molecule has 0 saturated heterocycles. The maximum atomic E-state index is 11.6. The van der Waals surface area contributed by atoms with Crippen molar-refractivity contribution < 1.29 is 28.7 Å². The van der Waals surface area contributed by atoms with Crippen molar-refractivity contribution in [2.45, 2.75) is 0 Å². The van der Waals surface area contributed by atoms with Crippen LogP contribution in [0.5, 0.6) is 5.75 Å². The van der Waals surface area contributed by atoms with Gasteiger partial charge >= 0.3 is 12.1 Å². The lowest BCUT2D eigenvalue weighted by molar-refractivity contribution is -0.384. The smallest absolute Gasteiger partial charge is 0.430 e. The summed E-state index contributed by atoms with van der Waals surface area (Å²) in [5, 5.41) is 10.5. The number of hydrogen-bond donors (Lipinski definition) is 0. The minimum Gasteiger partial charge on any atom is -0.430 e. The number of fused-ring (bicyclic) bond motifs is 1. The molecule has 1 aliphatic heterocycles. The van der Waals surface area contributed by atoms with Crippen LogP contribution in [0, 0.1) is 10.1 Å². The van der Waals surface area contributed by atoms with Crippen molar-refractivity contribution in [1.82, 2.24) is 0 Å². The van der Waals surface area contributed by atoms with Gasteiger partial charge in [0.05, 0.1) is 10.5 Å². The Bertz CT molecular complexity index is 871. The van der Waals surface area contributed by atoms with Crippen molar-refractivity contribution >= 4 is 23.6 Å². The zero-order chi connectivity index (χ0) is 17.8. The third kappa shape index (κ3) is 3.63. The number of nitro benzene ring substituents is 1. The second-order valence-corrected chi connectivity index (χ2v) is 4.92. The van der Waals surface area contributed by atoms with Gasteiger partial charge in [0.15, 0.2) is 0 Å². The molecule has 3 rings (SSSR count). The molecule has 25 heavy (non-hydrogen) atoms. The van der Waals surface area contributed by atoms with Gasteiger partial charge in [-0.05, 0) is 24.3 Å². The summed E-state index contributed by atoms with van der Waals surface area (Å²) in [5.41, 5.74) is 0.953. The number of hydrogen-bond acceptors (Lipinski definition) is 7. The molecule has 8 heteroatoms. The Morgan fingerprint density at radius 1 is 1.12 bits per heavy atom. The summed E-state index contributed by atoms with van der Waals surface area (Å²) in [6.07, 6.45) is 0.462. The summed E-state index contributed by atoms with van der Waals surface area (Å²) in [4.78, 5) is 33.2. The van der Waals surface area contributed by atoms with Gasteiger partial charge in [-0.25, -0.2) is 9.59 Å². The fourth-order valence-corrected chi connectivity index (χ4v) is 2.18. The number of ether oxygens (including phenoxy) is 3. The Balaban J connectivity index is 1.56. The topological polar surface area (TPSA) is 105 Å². The number of esters is 1. The summed E-state index contributed by atoms with van der Waals surface area (Å²) in [7, 11) is 0. The predicted molar refractivity (Wildman–Crippen MR) is 84.9 cm³/mol. The average molecular weight is 341 g/mol. The number of rotatable bonds is 4. The molecule has 0 aliphatic carbocycles. The Labute approximate surface area is 141 Å². The molecule has 2 aromatic carbocycles. The van der Waals surface area contributed by atoms with Crippen LogP contribution in [0.15, 0.2) is 54.6 Å². The monoisotopic (exact) mass is 341 g/mol. The summed E-state index contributed by atoms with van der Waals surface area (Å²) in [5.74, 6) is -0.0417. The van der Waals surface area contributed by atoms with Gasteiger partial charge in [0, 0.05) is 17.7 Å². The van der Waals surface area contributed by atoms with Gasteiger partial charge in [0.1, 0.15) is 18.1 Å². The molecule has 126 valence electrons. The van der Waals surface area contributed by atoms with E-state index in [2.05, 4.69) is 0 Å². The minimum absolute atomic E-state index is 0.112. The molecule has 0 aromatic heterocycles. The SMILES string of the molecule is O=C(OCC=C1OC(=O)c2ccccc21)Oc1ccc([N+](=O)[O-])cc1. The summed E-state index contributed by atoms with van der Waals surface area (Å²) >= 11 is 0. The number of cyclic esters (lactones) is 1. The normalized spacial score (nSPS) is 13.9. The Hall–Kier alpha value is -3.68. The van der Waals surface area contributed by atoms with Gasteiger partial charge in [0.25, 0.3) is 5.69 Å². The molecule has 0 fully saturated rings. The maximum absolute atomic E-state index is 11.6. The molecule has 0 radical (unpaired) electrons. The lowest BCUT2D eigenvalue weighted by Crippen LogP contribution is -2.10. The molecule has 0 bridgehead atoms. The molecule has 0 saturated carbocycles. The fourth-order valence-electron chi connectivity index (χ4n) is 2.18. The second-order valence-electron chi connectivity index (χ2n) is 4.92. The standard InChI is InChI=1S/C17H11NO7/c19-16-14-4-2-1-3-13(14)15(25-16)9-10-23-17(20)24-12-7-5-11(6-8-12)18(21)22/h1-9H,10H2. The molecule has 8 nitrogen and oxygen atoms in total. The molecule has 0 amide bonds. The quantitative estimate of drug-likeness (QED) is 0.363. The van der Waals surface area contributed by atoms with E-state index in [1.807, 2.05) is 0 Å². The molecule has 0 unspecified atom stereocenters. The van der Waals surface area contributed by atoms with Crippen molar-refractivity contribution in [3.05, 3.63) is 75.8 Å². The van der Waals surface area contributed by atoms with Crippen molar-refractivity contribution in [3.63, 3.8) is 0 Å². The maximum Gasteiger partial charge on any atom is 0.514 e. The molecular formula is C17H11NO7. The second kappa shape index (κ2) is 6.83. The number of benzene rings is 2. The van der Waals surface area contributed by atoms with Crippen molar-refractivity contribution in [1.29, 1.82) is 0 Å². The van der Waals surface area contributed by atoms with Crippen molar-refractivity contribution in [2.75, 3.05) is 6.61 Å². The largest absolute Gasteiger partial charge is 0.514 e. The molecule has 1 aliphatic rings. The third-order valence-corrected chi connectivity index (χ3v) is 3.33. The van der Waals surface area contributed by atoms with E-state index in [0.717, 1.165) is 0 Å². The summed E-state index contributed by atoms with van der Waals surface area (Å²) < 4.78 is 14.9. The molecular weight excluding hydrogens is 330 g/mol. The number of carbonyl (C=O) groups is 2. The van der Waals surface area contributed by atoms with Gasteiger partial charge < -0.3 is 14.2 Å². The van der Waals surface area contributed by atoms with E-state index in [1.165, 1.54) is 30.3 Å². The highest BCUT2D eigenvalue weighted by Gasteiger charge is 2.25. The van der Waals surface area contributed by atoms with Gasteiger partial charge in [0.2, 0.25) is 0 Å². The molecule has 2 aromatic rings.